The molecule has 0 amide bonds. The van der Waals surface area contributed by atoms with Gasteiger partial charge in [0.15, 0.2) is 5.13 Å². The summed E-state index contributed by atoms with van der Waals surface area (Å²) in [5.41, 5.74) is 6.95. The van der Waals surface area contributed by atoms with Crippen LogP contribution in [0.2, 0.25) is 0 Å². The van der Waals surface area contributed by atoms with Crippen molar-refractivity contribution in [1.29, 1.82) is 0 Å². The number of rotatable bonds is 2. The van der Waals surface area contributed by atoms with Gasteiger partial charge in [-0.05, 0) is 22.0 Å². The normalized spacial score (nSPS) is 10.4. The molecule has 6 heteroatoms. The summed E-state index contributed by atoms with van der Waals surface area (Å²) in [6.07, 6.45) is 0. The first kappa shape index (κ1) is 11.3. The van der Waals surface area contributed by atoms with Crippen molar-refractivity contribution in [2.45, 2.75) is 0 Å². The van der Waals surface area contributed by atoms with Gasteiger partial charge in [0.25, 0.3) is 0 Å². The first-order valence-corrected chi connectivity index (χ1v) is 6.03. The summed E-state index contributed by atoms with van der Waals surface area (Å²) >= 11 is 4.46. The van der Waals surface area contributed by atoms with Gasteiger partial charge in [-0.3, -0.25) is 0 Å². The zero-order chi connectivity index (χ0) is 11.7. The van der Waals surface area contributed by atoms with Gasteiger partial charge in [-0.2, -0.15) is 0 Å². The van der Waals surface area contributed by atoms with Crippen LogP contribution in [-0.2, 0) is 0 Å². The van der Waals surface area contributed by atoms with Crippen LogP contribution >= 0.6 is 27.3 Å². The fraction of sp³-hybridized carbons (Fsp3) is 0.100. The molecule has 0 saturated heterocycles. The third-order valence-corrected chi connectivity index (χ3v) is 3.32. The lowest BCUT2D eigenvalue weighted by Crippen LogP contribution is -1.91. The first-order valence-electron chi connectivity index (χ1n) is 4.36. The molecule has 1 heterocycles. The minimum Gasteiger partial charge on any atom is -0.496 e. The lowest BCUT2D eigenvalue weighted by molar-refractivity contribution is 0.412. The number of nitrogens with two attached hydrogens (primary N) is 1. The molecule has 16 heavy (non-hydrogen) atoms. The van der Waals surface area contributed by atoms with E-state index in [0.717, 1.165) is 0 Å². The van der Waals surface area contributed by atoms with E-state index in [-0.39, 0.29) is 5.82 Å². The van der Waals surface area contributed by atoms with Crippen LogP contribution in [0.1, 0.15) is 0 Å². The summed E-state index contributed by atoms with van der Waals surface area (Å²) in [4.78, 5) is 4.13. The van der Waals surface area contributed by atoms with Gasteiger partial charge < -0.3 is 10.5 Å². The number of nitrogens with zero attached hydrogens (tertiary/aromatic N) is 1. The summed E-state index contributed by atoms with van der Waals surface area (Å²) in [5, 5.41) is 2.27. The zero-order valence-electron chi connectivity index (χ0n) is 8.33. The summed E-state index contributed by atoms with van der Waals surface area (Å²) in [7, 11) is 1.49. The number of hydrogen-bond donors (Lipinski definition) is 1. The third kappa shape index (κ3) is 2.03. The number of thiazole rings is 1. The highest BCUT2D eigenvalue weighted by atomic mass is 79.9. The van der Waals surface area contributed by atoms with Gasteiger partial charge in [0.2, 0.25) is 0 Å². The lowest BCUT2D eigenvalue weighted by atomic mass is 10.1. The van der Waals surface area contributed by atoms with E-state index in [9.17, 15) is 4.39 Å². The molecular weight excluding hydrogens is 295 g/mol. The first-order chi connectivity index (χ1) is 7.61. The van der Waals surface area contributed by atoms with Gasteiger partial charge in [-0.1, -0.05) is 0 Å². The van der Waals surface area contributed by atoms with Gasteiger partial charge >= 0.3 is 0 Å². The van der Waals surface area contributed by atoms with Crippen molar-refractivity contribution in [3.63, 3.8) is 0 Å². The molecule has 0 fully saturated rings. The Morgan fingerprint density at radius 3 is 2.81 bits per heavy atom. The largest absolute Gasteiger partial charge is 0.496 e. The van der Waals surface area contributed by atoms with E-state index in [4.69, 9.17) is 10.5 Å². The lowest BCUT2D eigenvalue weighted by Gasteiger charge is -2.07. The Labute approximate surface area is 104 Å². The fourth-order valence-electron chi connectivity index (χ4n) is 1.31. The Balaban J connectivity index is 2.59. The van der Waals surface area contributed by atoms with Gasteiger partial charge in [0.05, 0.1) is 17.3 Å². The predicted molar refractivity (Wildman–Crippen MR) is 66.2 cm³/mol. The van der Waals surface area contributed by atoms with Crippen LogP contribution in [0.4, 0.5) is 9.52 Å². The number of hydrogen-bond acceptors (Lipinski definition) is 4. The molecule has 1 aromatic heterocycles. The van der Waals surface area contributed by atoms with Gasteiger partial charge in [-0.15, -0.1) is 11.3 Å². The highest BCUT2D eigenvalue weighted by Gasteiger charge is 2.13. The highest BCUT2D eigenvalue weighted by molar-refractivity contribution is 9.10. The Morgan fingerprint density at radius 1 is 1.50 bits per heavy atom. The molecular formula is C10H8BrFN2OS. The SMILES string of the molecule is COc1cc(F)c(Br)cc1-c1csc(N)n1. The average Bonchev–Trinajstić information content (AvgIpc) is 2.68. The fourth-order valence-corrected chi connectivity index (χ4v) is 2.22. The van der Waals surface area contributed by atoms with E-state index in [1.807, 2.05) is 0 Å². The topological polar surface area (TPSA) is 48.1 Å². The molecule has 0 aliphatic heterocycles. The maximum absolute atomic E-state index is 13.3. The number of ether oxygens (including phenoxy) is 1. The number of anilines is 1. The average molecular weight is 303 g/mol. The summed E-state index contributed by atoms with van der Waals surface area (Å²) in [6.45, 7) is 0. The molecule has 84 valence electrons. The van der Waals surface area contributed by atoms with Crippen molar-refractivity contribution in [2.24, 2.45) is 0 Å². The second kappa shape index (κ2) is 4.39. The monoisotopic (exact) mass is 302 g/mol. The Bertz CT molecular complexity index is 530. The minimum absolute atomic E-state index is 0.370. The molecule has 2 aromatic rings. The molecule has 0 aliphatic rings. The molecule has 1 aromatic carbocycles. The Kier molecular flexibility index (Phi) is 3.11. The standard InChI is InChI=1S/C10H8BrFN2OS/c1-15-9-3-7(12)6(11)2-5(9)8-4-16-10(13)14-8/h2-4H,1H3,(H2,13,14). The smallest absolute Gasteiger partial charge is 0.180 e. The number of methoxy groups -OCH3 is 1. The van der Waals surface area contributed by atoms with Crippen LogP contribution in [0.15, 0.2) is 22.0 Å². The van der Waals surface area contributed by atoms with Crippen LogP contribution in [0.25, 0.3) is 11.3 Å². The molecule has 0 radical (unpaired) electrons. The van der Waals surface area contributed by atoms with Crippen molar-refractivity contribution < 1.29 is 9.13 Å². The van der Waals surface area contributed by atoms with Gasteiger partial charge in [0, 0.05) is 17.0 Å². The summed E-state index contributed by atoms with van der Waals surface area (Å²) in [6, 6.07) is 2.94. The maximum atomic E-state index is 13.3. The second-order valence-corrected chi connectivity index (χ2v) is 4.78. The molecule has 2 rings (SSSR count). The maximum Gasteiger partial charge on any atom is 0.180 e. The van der Waals surface area contributed by atoms with E-state index in [0.29, 0.717) is 26.6 Å². The molecule has 3 nitrogen and oxygen atoms in total. The molecule has 0 unspecified atom stereocenters. The van der Waals surface area contributed by atoms with Crippen molar-refractivity contribution in [3.8, 4) is 17.0 Å². The molecule has 0 bridgehead atoms. The molecule has 2 N–H and O–H groups in total. The second-order valence-electron chi connectivity index (χ2n) is 3.04. The number of benzene rings is 1. The molecule has 0 saturated carbocycles. The quantitative estimate of drug-likeness (QED) is 0.926. The predicted octanol–water partition coefficient (Wildman–Crippen LogP) is 3.30. The van der Waals surface area contributed by atoms with Gasteiger partial charge in [-0.25, -0.2) is 9.37 Å². The highest BCUT2D eigenvalue weighted by Crippen LogP contribution is 2.35. The molecule has 0 spiro atoms. The third-order valence-electron chi connectivity index (χ3n) is 2.04. The summed E-state index contributed by atoms with van der Waals surface area (Å²) in [5.74, 6) is 0.0646. The summed E-state index contributed by atoms with van der Waals surface area (Å²) < 4.78 is 18.8. The Hall–Kier alpha value is -1.14. The molecule has 0 aliphatic carbocycles. The van der Waals surface area contributed by atoms with E-state index >= 15 is 0 Å². The van der Waals surface area contributed by atoms with Crippen LogP contribution in [-0.4, -0.2) is 12.1 Å². The van der Waals surface area contributed by atoms with E-state index in [2.05, 4.69) is 20.9 Å². The number of nitrogen functional groups attached to an aromatic ring is 1. The van der Waals surface area contributed by atoms with Crippen molar-refractivity contribution in [2.75, 3.05) is 12.8 Å². The van der Waals surface area contributed by atoms with E-state index in [1.165, 1.54) is 24.5 Å². The van der Waals surface area contributed by atoms with Crippen LogP contribution < -0.4 is 10.5 Å². The van der Waals surface area contributed by atoms with Crippen LogP contribution in [0, 0.1) is 5.82 Å². The zero-order valence-corrected chi connectivity index (χ0v) is 10.7. The minimum atomic E-state index is -0.371. The van der Waals surface area contributed by atoms with E-state index < -0.39 is 0 Å². The van der Waals surface area contributed by atoms with Crippen molar-refractivity contribution >= 4 is 32.4 Å². The van der Waals surface area contributed by atoms with E-state index in [1.54, 1.807) is 11.4 Å². The number of aromatic nitrogens is 1. The van der Waals surface area contributed by atoms with Crippen molar-refractivity contribution in [3.05, 3.63) is 27.8 Å². The van der Waals surface area contributed by atoms with Crippen LogP contribution in [0.3, 0.4) is 0 Å². The van der Waals surface area contributed by atoms with Crippen LogP contribution in [0.5, 0.6) is 5.75 Å². The number of halogens is 2. The Morgan fingerprint density at radius 2 is 2.25 bits per heavy atom. The molecule has 0 atom stereocenters. The van der Waals surface area contributed by atoms with Crippen molar-refractivity contribution in [1.82, 2.24) is 4.98 Å². The van der Waals surface area contributed by atoms with Gasteiger partial charge in [0.1, 0.15) is 11.6 Å².